The Morgan fingerprint density at radius 2 is 2.61 bits per heavy atom. The summed E-state index contributed by atoms with van der Waals surface area (Å²) in [6.07, 6.45) is 5.74. The Bertz CT molecular complexity index is 460. The summed E-state index contributed by atoms with van der Waals surface area (Å²) in [4.78, 5) is 12.2. The number of aryl methyl sites for hydroxylation is 1. The third kappa shape index (κ3) is 2.53. The van der Waals surface area contributed by atoms with E-state index in [4.69, 9.17) is 5.26 Å². The zero-order chi connectivity index (χ0) is 13.0. The van der Waals surface area contributed by atoms with Gasteiger partial charge in [-0.1, -0.05) is 6.92 Å². The number of nitriles is 1. The molecule has 0 saturated carbocycles. The molecule has 2 atom stereocenters. The second kappa shape index (κ2) is 5.67. The fraction of sp³-hybridized carbons (Fsp3) is 0.615. The molecule has 0 fully saturated rings. The van der Waals surface area contributed by atoms with Crippen molar-refractivity contribution >= 4 is 5.91 Å². The average Bonchev–Trinajstić information content (AvgIpc) is 2.85. The summed E-state index contributed by atoms with van der Waals surface area (Å²) in [7, 11) is 0. The van der Waals surface area contributed by atoms with E-state index in [0.717, 1.165) is 36.9 Å². The lowest BCUT2D eigenvalue weighted by Gasteiger charge is -2.23. The van der Waals surface area contributed by atoms with Crippen molar-refractivity contribution in [1.82, 2.24) is 15.5 Å². The molecule has 0 aromatic carbocycles. The number of carbonyl (C=O) groups excluding carboxylic acids is 1. The van der Waals surface area contributed by atoms with Crippen LogP contribution in [0.4, 0.5) is 0 Å². The van der Waals surface area contributed by atoms with Gasteiger partial charge in [0.1, 0.15) is 0 Å². The van der Waals surface area contributed by atoms with Gasteiger partial charge in [0.05, 0.1) is 24.6 Å². The number of fused-ring (bicyclic) bond motifs is 1. The highest BCUT2D eigenvalue weighted by atomic mass is 16.1. The first-order valence-corrected chi connectivity index (χ1v) is 6.45. The third-order valence-electron chi connectivity index (χ3n) is 3.54. The summed E-state index contributed by atoms with van der Waals surface area (Å²) in [5.74, 6) is -0.0836. The summed E-state index contributed by atoms with van der Waals surface area (Å²) < 4.78 is 0. The predicted molar refractivity (Wildman–Crippen MR) is 66.7 cm³/mol. The molecule has 5 nitrogen and oxygen atoms in total. The Labute approximate surface area is 107 Å². The van der Waals surface area contributed by atoms with Crippen LogP contribution in [0.3, 0.4) is 0 Å². The topological polar surface area (TPSA) is 81.6 Å². The molecule has 0 bridgehead atoms. The first-order chi connectivity index (χ1) is 8.76. The number of H-pyrrole nitrogens is 1. The maximum Gasteiger partial charge on any atom is 0.227 e. The molecule has 0 radical (unpaired) electrons. The first-order valence-electron chi connectivity index (χ1n) is 6.45. The van der Waals surface area contributed by atoms with Crippen LogP contribution in [0.15, 0.2) is 6.20 Å². The van der Waals surface area contributed by atoms with Crippen LogP contribution in [-0.4, -0.2) is 22.1 Å². The van der Waals surface area contributed by atoms with Gasteiger partial charge in [-0.2, -0.15) is 10.4 Å². The molecule has 1 aromatic heterocycles. The zero-order valence-electron chi connectivity index (χ0n) is 10.6. The van der Waals surface area contributed by atoms with Gasteiger partial charge in [0, 0.05) is 17.3 Å². The molecule has 1 heterocycles. The van der Waals surface area contributed by atoms with Crippen molar-refractivity contribution in [2.45, 2.75) is 51.0 Å². The molecule has 1 amide bonds. The molecule has 96 valence electrons. The number of rotatable bonds is 4. The largest absolute Gasteiger partial charge is 0.352 e. The Kier molecular flexibility index (Phi) is 3.98. The fourth-order valence-corrected chi connectivity index (χ4v) is 2.44. The van der Waals surface area contributed by atoms with E-state index in [1.807, 2.05) is 6.92 Å². The minimum atomic E-state index is -0.111. The maximum absolute atomic E-state index is 12.2. The SMILES string of the molecule is CCC(CC#N)NC(=O)C1CCCc2[nH]ncc21. The van der Waals surface area contributed by atoms with Crippen molar-refractivity contribution in [2.24, 2.45) is 0 Å². The number of carbonyl (C=O) groups is 1. The number of nitrogens with one attached hydrogen (secondary N) is 2. The first kappa shape index (κ1) is 12.6. The van der Waals surface area contributed by atoms with Crippen LogP contribution in [0.1, 0.15) is 49.8 Å². The van der Waals surface area contributed by atoms with Crippen LogP contribution >= 0.6 is 0 Å². The van der Waals surface area contributed by atoms with Crippen LogP contribution in [-0.2, 0) is 11.2 Å². The van der Waals surface area contributed by atoms with Crippen molar-refractivity contribution in [2.75, 3.05) is 0 Å². The van der Waals surface area contributed by atoms with Crippen LogP contribution in [0.5, 0.6) is 0 Å². The molecule has 0 spiro atoms. The van der Waals surface area contributed by atoms with Crippen molar-refractivity contribution in [1.29, 1.82) is 5.26 Å². The molecule has 1 aliphatic carbocycles. The van der Waals surface area contributed by atoms with Gasteiger partial charge in [0.25, 0.3) is 0 Å². The second-order valence-electron chi connectivity index (χ2n) is 4.72. The number of amides is 1. The number of nitrogens with zero attached hydrogens (tertiary/aromatic N) is 2. The average molecular weight is 246 g/mol. The Balaban J connectivity index is 2.05. The van der Waals surface area contributed by atoms with Crippen molar-refractivity contribution in [3.8, 4) is 6.07 Å². The number of hydrogen-bond donors (Lipinski definition) is 2. The van der Waals surface area contributed by atoms with Gasteiger partial charge < -0.3 is 5.32 Å². The zero-order valence-corrected chi connectivity index (χ0v) is 10.6. The monoisotopic (exact) mass is 246 g/mol. The smallest absolute Gasteiger partial charge is 0.227 e. The van der Waals surface area contributed by atoms with E-state index in [2.05, 4.69) is 21.6 Å². The Morgan fingerprint density at radius 3 is 3.33 bits per heavy atom. The van der Waals surface area contributed by atoms with E-state index in [1.54, 1.807) is 6.20 Å². The standard InChI is InChI=1S/C13H18N4O/c1-2-9(6-7-14)16-13(18)10-4-3-5-12-11(10)8-15-17-12/h8-10H,2-6H2,1H3,(H,15,17)(H,16,18). The van der Waals surface area contributed by atoms with E-state index in [1.165, 1.54) is 0 Å². The Hall–Kier alpha value is -1.83. The quantitative estimate of drug-likeness (QED) is 0.847. The minimum Gasteiger partial charge on any atom is -0.352 e. The molecule has 2 N–H and O–H groups in total. The summed E-state index contributed by atoms with van der Waals surface area (Å²) in [6.45, 7) is 1.98. The van der Waals surface area contributed by atoms with Gasteiger partial charge in [-0.05, 0) is 25.7 Å². The van der Waals surface area contributed by atoms with Crippen LogP contribution in [0, 0.1) is 11.3 Å². The van der Waals surface area contributed by atoms with E-state index in [0.29, 0.717) is 6.42 Å². The summed E-state index contributed by atoms with van der Waals surface area (Å²) in [5.41, 5.74) is 2.10. The van der Waals surface area contributed by atoms with Crippen molar-refractivity contribution in [3.63, 3.8) is 0 Å². The maximum atomic E-state index is 12.2. The lowest BCUT2D eigenvalue weighted by molar-refractivity contribution is -0.123. The van der Waals surface area contributed by atoms with Crippen molar-refractivity contribution in [3.05, 3.63) is 17.5 Å². The number of hydrogen-bond acceptors (Lipinski definition) is 3. The molecular weight excluding hydrogens is 228 g/mol. The molecule has 2 rings (SSSR count). The van der Waals surface area contributed by atoms with Gasteiger partial charge >= 0.3 is 0 Å². The molecule has 18 heavy (non-hydrogen) atoms. The molecule has 5 heteroatoms. The van der Waals surface area contributed by atoms with Gasteiger partial charge in [0.2, 0.25) is 5.91 Å². The van der Waals surface area contributed by atoms with Crippen molar-refractivity contribution < 1.29 is 4.79 Å². The van der Waals surface area contributed by atoms with Gasteiger partial charge in [-0.3, -0.25) is 9.89 Å². The van der Waals surface area contributed by atoms with E-state index < -0.39 is 0 Å². The highest BCUT2D eigenvalue weighted by molar-refractivity contribution is 5.84. The van der Waals surface area contributed by atoms with Gasteiger partial charge in [-0.25, -0.2) is 0 Å². The normalized spacial score (nSPS) is 19.7. The third-order valence-corrected chi connectivity index (χ3v) is 3.54. The lowest BCUT2D eigenvalue weighted by atomic mass is 9.86. The molecular formula is C13H18N4O. The molecule has 0 aliphatic heterocycles. The summed E-state index contributed by atoms with van der Waals surface area (Å²) >= 11 is 0. The highest BCUT2D eigenvalue weighted by Crippen LogP contribution is 2.30. The van der Waals surface area contributed by atoms with Crippen LogP contribution < -0.4 is 5.32 Å². The highest BCUT2D eigenvalue weighted by Gasteiger charge is 2.28. The van der Waals surface area contributed by atoms with E-state index in [9.17, 15) is 4.79 Å². The van der Waals surface area contributed by atoms with E-state index >= 15 is 0 Å². The minimum absolute atomic E-state index is 0.0273. The predicted octanol–water partition coefficient (Wildman–Crippen LogP) is 1.64. The molecule has 0 saturated heterocycles. The van der Waals surface area contributed by atoms with Gasteiger partial charge in [0.15, 0.2) is 0 Å². The number of aromatic nitrogens is 2. The summed E-state index contributed by atoms with van der Waals surface area (Å²) in [5, 5.41) is 18.6. The lowest BCUT2D eigenvalue weighted by Crippen LogP contribution is -2.38. The second-order valence-corrected chi connectivity index (χ2v) is 4.72. The van der Waals surface area contributed by atoms with Gasteiger partial charge in [-0.15, -0.1) is 0 Å². The summed E-state index contributed by atoms with van der Waals surface area (Å²) in [6, 6.07) is 2.07. The fourth-order valence-electron chi connectivity index (χ4n) is 2.44. The number of aromatic amines is 1. The van der Waals surface area contributed by atoms with Crippen LogP contribution in [0.25, 0.3) is 0 Å². The molecule has 1 aromatic rings. The molecule has 1 aliphatic rings. The molecule has 2 unspecified atom stereocenters. The Morgan fingerprint density at radius 1 is 1.78 bits per heavy atom. The van der Waals surface area contributed by atoms with Crippen LogP contribution in [0.2, 0.25) is 0 Å². The van der Waals surface area contributed by atoms with E-state index in [-0.39, 0.29) is 17.9 Å².